The molecule has 1 aliphatic rings. The third kappa shape index (κ3) is 5.55. The number of halogens is 1. The first-order valence-electron chi connectivity index (χ1n) is 11.1. The Balaban J connectivity index is 1.42. The minimum atomic E-state index is -0.252. The van der Waals surface area contributed by atoms with Gasteiger partial charge in [-0.3, -0.25) is 9.59 Å². The fraction of sp³-hybridized carbons (Fsp3) is 0.259. The predicted octanol–water partition coefficient (Wildman–Crippen LogP) is 5.11. The second kappa shape index (κ2) is 10.5. The first-order chi connectivity index (χ1) is 16.0. The number of likely N-dealkylation sites (tertiary alicyclic amines) is 1. The number of hydrogen-bond acceptors (Lipinski definition) is 3. The molecule has 2 amide bonds. The van der Waals surface area contributed by atoms with Crippen molar-refractivity contribution in [3.05, 3.63) is 101 Å². The topological polar surface area (TPSA) is 58.6 Å². The molecule has 6 heteroatoms. The van der Waals surface area contributed by atoms with Gasteiger partial charge in [0.1, 0.15) is 5.75 Å². The molecule has 0 aromatic heterocycles. The Hall–Kier alpha value is -3.31. The number of rotatable bonds is 6. The maximum atomic E-state index is 13.2. The quantitative estimate of drug-likeness (QED) is 0.554. The number of nitrogens with zero attached hydrogens (tertiary/aromatic N) is 1. The highest BCUT2D eigenvalue weighted by atomic mass is 35.5. The van der Waals surface area contributed by atoms with Crippen molar-refractivity contribution < 1.29 is 14.3 Å². The number of methoxy groups -OCH3 is 1. The molecule has 0 saturated carbocycles. The molecule has 0 bridgehead atoms. The van der Waals surface area contributed by atoms with Gasteiger partial charge in [-0.25, -0.2) is 0 Å². The lowest BCUT2D eigenvalue weighted by Crippen LogP contribution is -2.43. The second-order valence-electron chi connectivity index (χ2n) is 8.20. The van der Waals surface area contributed by atoms with Gasteiger partial charge in [0.2, 0.25) is 5.91 Å². The summed E-state index contributed by atoms with van der Waals surface area (Å²) in [5.74, 6) is 0.627. The molecule has 170 valence electrons. The van der Waals surface area contributed by atoms with Crippen LogP contribution in [0.5, 0.6) is 5.75 Å². The van der Waals surface area contributed by atoms with Crippen molar-refractivity contribution in [3.8, 4) is 5.75 Å². The summed E-state index contributed by atoms with van der Waals surface area (Å²) in [5, 5.41) is 3.84. The number of benzene rings is 3. The zero-order valence-electron chi connectivity index (χ0n) is 18.5. The zero-order chi connectivity index (χ0) is 23.2. The summed E-state index contributed by atoms with van der Waals surface area (Å²) in [5.41, 5.74) is 2.63. The number of hydrogen-bond donors (Lipinski definition) is 1. The normalized spacial score (nSPS) is 15.0. The molecule has 0 aliphatic carbocycles. The highest BCUT2D eigenvalue weighted by molar-refractivity contribution is 6.30. The smallest absolute Gasteiger partial charge is 0.253 e. The zero-order valence-corrected chi connectivity index (χ0v) is 19.3. The summed E-state index contributed by atoms with van der Waals surface area (Å²) < 4.78 is 5.27. The SMILES string of the molecule is COc1ccc([C@H](NC(=O)C2CCN(C(=O)c3ccc(Cl)cc3)CC2)c2ccccc2)cc1. The molecule has 1 atom stereocenters. The Labute approximate surface area is 199 Å². The van der Waals surface area contributed by atoms with E-state index in [1.165, 1.54) is 0 Å². The van der Waals surface area contributed by atoms with Gasteiger partial charge in [0.05, 0.1) is 13.2 Å². The summed E-state index contributed by atoms with van der Waals surface area (Å²) in [6.45, 7) is 1.11. The number of carbonyl (C=O) groups is 2. The molecule has 4 rings (SSSR count). The maximum Gasteiger partial charge on any atom is 0.253 e. The molecular formula is C27H27ClN2O3. The van der Waals surface area contributed by atoms with E-state index in [9.17, 15) is 9.59 Å². The molecule has 0 spiro atoms. The molecule has 0 radical (unpaired) electrons. The standard InChI is InChI=1S/C27H27ClN2O3/c1-33-24-13-9-20(10-14-24)25(19-5-3-2-4-6-19)29-26(31)21-15-17-30(18-16-21)27(32)22-7-11-23(28)12-8-22/h2-14,21,25H,15-18H2,1H3,(H,29,31)/t25-/m1/s1. The summed E-state index contributed by atoms with van der Waals surface area (Å²) in [6.07, 6.45) is 1.27. The van der Waals surface area contributed by atoms with Crippen molar-refractivity contribution >= 4 is 23.4 Å². The number of carbonyl (C=O) groups excluding carboxylic acids is 2. The van der Waals surface area contributed by atoms with Gasteiger partial charge in [0.15, 0.2) is 0 Å². The average molecular weight is 463 g/mol. The van der Waals surface area contributed by atoms with Crippen LogP contribution in [0, 0.1) is 5.92 Å². The van der Waals surface area contributed by atoms with Crippen LogP contribution in [0.3, 0.4) is 0 Å². The van der Waals surface area contributed by atoms with Crippen LogP contribution in [0.2, 0.25) is 5.02 Å². The van der Waals surface area contributed by atoms with E-state index in [0.717, 1.165) is 16.9 Å². The molecule has 1 heterocycles. The molecule has 33 heavy (non-hydrogen) atoms. The van der Waals surface area contributed by atoms with Crippen molar-refractivity contribution in [1.82, 2.24) is 10.2 Å². The monoisotopic (exact) mass is 462 g/mol. The van der Waals surface area contributed by atoms with Crippen LogP contribution in [0.1, 0.15) is 40.4 Å². The molecule has 5 nitrogen and oxygen atoms in total. The van der Waals surface area contributed by atoms with Gasteiger partial charge in [-0.05, 0) is 60.4 Å². The van der Waals surface area contributed by atoms with E-state index in [2.05, 4.69) is 5.32 Å². The Morgan fingerprint density at radius 1 is 0.909 bits per heavy atom. The summed E-state index contributed by atoms with van der Waals surface area (Å²) in [6, 6.07) is 24.4. The van der Waals surface area contributed by atoms with Crippen LogP contribution >= 0.6 is 11.6 Å². The Morgan fingerprint density at radius 2 is 1.52 bits per heavy atom. The number of piperidine rings is 1. The molecule has 3 aromatic carbocycles. The highest BCUT2D eigenvalue weighted by Crippen LogP contribution is 2.26. The lowest BCUT2D eigenvalue weighted by Gasteiger charge is -2.32. The molecular weight excluding hydrogens is 436 g/mol. The lowest BCUT2D eigenvalue weighted by atomic mass is 9.93. The number of ether oxygens (including phenoxy) is 1. The molecule has 1 N–H and O–H groups in total. The fourth-order valence-corrected chi connectivity index (χ4v) is 4.31. The van der Waals surface area contributed by atoms with Crippen molar-refractivity contribution in [3.63, 3.8) is 0 Å². The van der Waals surface area contributed by atoms with Gasteiger partial charge in [-0.2, -0.15) is 0 Å². The average Bonchev–Trinajstić information content (AvgIpc) is 2.88. The van der Waals surface area contributed by atoms with E-state index in [1.807, 2.05) is 59.5 Å². The molecule has 1 aliphatic heterocycles. The third-order valence-electron chi connectivity index (χ3n) is 6.11. The van der Waals surface area contributed by atoms with Crippen LogP contribution < -0.4 is 10.1 Å². The summed E-state index contributed by atoms with van der Waals surface area (Å²) in [7, 11) is 1.63. The first-order valence-corrected chi connectivity index (χ1v) is 11.5. The van der Waals surface area contributed by atoms with Crippen molar-refractivity contribution in [2.45, 2.75) is 18.9 Å². The van der Waals surface area contributed by atoms with Crippen molar-refractivity contribution in [2.75, 3.05) is 20.2 Å². The number of amides is 2. The number of nitrogens with one attached hydrogen (secondary N) is 1. The van der Waals surface area contributed by atoms with Gasteiger partial charge in [0, 0.05) is 29.6 Å². The fourth-order valence-electron chi connectivity index (χ4n) is 4.18. The second-order valence-corrected chi connectivity index (χ2v) is 8.64. The van der Waals surface area contributed by atoms with Crippen LogP contribution in [0.15, 0.2) is 78.9 Å². The van der Waals surface area contributed by atoms with E-state index in [4.69, 9.17) is 16.3 Å². The van der Waals surface area contributed by atoms with Crippen LogP contribution in [0.25, 0.3) is 0 Å². The van der Waals surface area contributed by atoms with Gasteiger partial charge in [0.25, 0.3) is 5.91 Å². The molecule has 1 fully saturated rings. The van der Waals surface area contributed by atoms with E-state index in [0.29, 0.717) is 36.5 Å². The van der Waals surface area contributed by atoms with E-state index < -0.39 is 0 Å². The molecule has 3 aromatic rings. The van der Waals surface area contributed by atoms with Gasteiger partial charge in [-0.15, -0.1) is 0 Å². The van der Waals surface area contributed by atoms with Crippen LogP contribution in [-0.4, -0.2) is 36.9 Å². The Morgan fingerprint density at radius 3 is 2.12 bits per heavy atom. The highest BCUT2D eigenvalue weighted by Gasteiger charge is 2.29. The lowest BCUT2D eigenvalue weighted by molar-refractivity contribution is -0.126. The maximum absolute atomic E-state index is 13.2. The Kier molecular flexibility index (Phi) is 7.30. The Bertz CT molecular complexity index is 1080. The van der Waals surface area contributed by atoms with E-state index >= 15 is 0 Å². The van der Waals surface area contributed by atoms with Crippen LogP contribution in [0.4, 0.5) is 0 Å². The summed E-state index contributed by atoms with van der Waals surface area (Å²) in [4.78, 5) is 27.8. The van der Waals surface area contributed by atoms with Gasteiger partial charge >= 0.3 is 0 Å². The van der Waals surface area contributed by atoms with E-state index in [1.54, 1.807) is 31.4 Å². The largest absolute Gasteiger partial charge is 0.497 e. The van der Waals surface area contributed by atoms with Crippen molar-refractivity contribution in [2.24, 2.45) is 5.92 Å². The predicted molar refractivity (Wildman–Crippen MR) is 130 cm³/mol. The van der Waals surface area contributed by atoms with Crippen LogP contribution in [-0.2, 0) is 4.79 Å². The molecule has 1 saturated heterocycles. The first kappa shape index (κ1) is 22.9. The molecule has 0 unspecified atom stereocenters. The minimum Gasteiger partial charge on any atom is -0.497 e. The minimum absolute atomic E-state index is 0.0123. The van der Waals surface area contributed by atoms with Gasteiger partial charge in [-0.1, -0.05) is 54.1 Å². The summed E-state index contributed by atoms with van der Waals surface area (Å²) >= 11 is 5.93. The van der Waals surface area contributed by atoms with Crippen molar-refractivity contribution in [1.29, 1.82) is 0 Å². The van der Waals surface area contributed by atoms with Gasteiger partial charge < -0.3 is 15.0 Å². The van der Waals surface area contributed by atoms with E-state index in [-0.39, 0.29) is 23.8 Å². The third-order valence-corrected chi connectivity index (χ3v) is 6.36.